The molecule has 3 saturated heterocycles. The molecule has 1 aliphatic carbocycles. The van der Waals surface area contributed by atoms with Gasteiger partial charge in [-0.25, -0.2) is 4.79 Å². The van der Waals surface area contributed by atoms with Crippen LogP contribution in [-0.4, -0.2) is 40.9 Å². The fourth-order valence-corrected chi connectivity index (χ4v) is 6.28. The Labute approximate surface area is 180 Å². The van der Waals surface area contributed by atoms with Crippen molar-refractivity contribution >= 4 is 29.0 Å². The number of amides is 4. The number of allylic oxidation sites excluding steroid dienone is 2. The van der Waals surface area contributed by atoms with Gasteiger partial charge in [-0.3, -0.25) is 25.1 Å². The van der Waals surface area contributed by atoms with Crippen molar-refractivity contribution in [1.82, 2.24) is 15.5 Å². The van der Waals surface area contributed by atoms with Crippen molar-refractivity contribution in [2.45, 2.75) is 30.8 Å². The van der Waals surface area contributed by atoms with Crippen LogP contribution in [0.2, 0.25) is 0 Å². The zero-order valence-electron chi connectivity index (χ0n) is 17.0. The van der Waals surface area contributed by atoms with E-state index in [0.29, 0.717) is 6.54 Å². The van der Waals surface area contributed by atoms with Crippen LogP contribution in [0.4, 0.5) is 4.79 Å². The Morgan fingerprint density at radius 2 is 1.35 bits per heavy atom. The highest BCUT2D eigenvalue weighted by Crippen LogP contribution is 2.63. The van der Waals surface area contributed by atoms with Crippen LogP contribution in [-0.2, 0) is 9.59 Å². The van der Waals surface area contributed by atoms with Crippen molar-refractivity contribution in [3.63, 3.8) is 0 Å². The number of carbonyl (C=O) groups excluding carboxylic acids is 3. The number of hydrogen-bond acceptors (Lipinski definition) is 4. The van der Waals surface area contributed by atoms with Gasteiger partial charge in [-0.15, -0.1) is 0 Å². The molecule has 6 rings (SSSR count). The maximum absolute atomic E-state index is 13.4. The summed E-state index contributed by atoms with van der Waals surface area (Å²) in [6.45, 7) is 0.699. The Bertz CT molecular complexity index is 1060. The molecule has 2 aromatic carbocycles. The average Bonchev–Trinajstić information content (AvgIpc) is 3.18. The summed E-state index contributed by atoms with van der Waals surface area (Å²) in [7, 11) is 0. The number of barbiturate groups is 1. The molecule has 0 aromatic heterocycles. The monoisotopic (exact) mass is 413 g/mol. The second-order valence-electron chi connectivity index (χ2n) is 8.87. The molecule has 6 nitrogen and oxygen atoms in total. The highest BCUT2D eigenvalue weighted by molar-refractivity contribution is 6.24. The van der Waals surface area contributed by atoms with Gasteiger partial charge in [0.05, 0.1) is 0 Å². The lowest BCUT2D eigenvalue weighted by molar-refractivity contribution is -0.148. The summed E-state index contributed by atoms with van der Waals surface area (Å²) in [5.41, 5.74) is 3.32. The molecule has 0 bridgehead atoms. The lowest BCUT2D eigenvalue weighted by Gasteiger charge is -2.41. The van der Waals surface area contributed by atoms with E-state index in [4.69, 9.17) is 0 Å². The summed E-state index contributed by atoms with van der Waals surface area (Å²) < 4.78 is 0. The maximum Gasteiger partial charge on any atom is 0.328 e. The van der Waals surface area contributed by atoms with E-state index in [2.05, 4.69) is 39.8 Å². The summed E-state index contributed by atoms with van der Waals surface area (Å²) in [5.74, 6) is -1.15. The number of urea groups is 1. The van der Waals surface area contributed by atoms with E-state index >= 15 is 0 Å². The summed E-state index contributed by atoms with van der Waals surface area (Å²) in [5, 5.41) is 4.81. The average molecular weight is 413 g/mol. The van der Waals surface area contributed by atoms with Crippen LogP contribution in [0, 0.1) is 11.8 Å². The molecule has 31 heavy (non-hydrogen) atoms. The number of carbonyl (C=O) groups is 3. The Hall–Kier alpha value is -3.25. The van der Waals surface area contributed by atoms with Crippen molar-refractivity contribution in [1.29, 1.82) is 0 Å². The van der Waals surface area contributed by atoms with Gasteiger partial charge in [0.25, 0.3) is 11.8 Å². The third kappa shape index (κ3) is 2.51. The minimum absolute atomic E-state index is 0.0000945. The first-order valence-corrected chi connectivity index (χ1v) is 10.9. The molecule has 0 radical (unpaired) electrons. The second kappa shape index (κ2) is 6.62. The van der Waals surface area contributed by atoms with E-state index in [1.807, 2.05) is 36.4 Å². The second-order valence-corrected chi connectivity index (χ2v) is 8.87. The molecule has 3 fully saturated rings. The van der Waals surface area contributed by atoms with Crippen LogP contribution in [0.25, 0.3) is 11.1 Å². The number of rotatable bonds is 3. The van der Waals surface area contributed by atoms with E-state index < -0.39 is 23.4 Å². The summed E-state index contributed by atoms with van der Waals surface area (Å²) in [4.78, 5) is 40.7. The zero-order valence-corrected chi connectivity index (χ0v) is 17.0. The minimum atomic E-state index is -1.34. The summed E-state index contributed by atoms with van der Waals surface area (Å²) in [6, 6.07) is 19.9. The topological polar surface area (TPSA) is 78.5 Å². The first-order chi connectivity index (χ1) is 15.1. The first kappa shape index (κ1) is 18.5. The molecule has 2 atom stereocenters. The lowest BCUT2D eigenvalue weighted by atomic mass is 9.75. The number of nitrogens with one attached hydrogen (secondary N) is 2. The predicted octanol–water partition coefficient (Wildman–Crippen LogP) is 2.82. The molecule has 1 spiro atoms. The molecule has 2 aromatic rings. The van der Waals surface area contributed by atoms with Gasteiger partial charge in [-0.1, -0.05) is 60.7 Å². The largest absolute Gasteiger partial charge is 0.328 e. The quantitative estimate of drug-likeness (QED) is 0.759. The van der Waals surface area contributed by atoms with Gasteiger partial charge in [-0.05, 0) is 41.5 Å². The van der Waals surface area contributed by atoms with E-state index in [9.17, 15) is 14.4 Å². The van der Waals surface area contributed by atoms with Crippen molar-refractivity contribution in [3.8, 4) is 0 Å². The van der Waals surface area contributed by atoms with Crippen molar-refractivity contribution in [2.24, 2.45) is 11.8 Å². The van der Waals surface area contributed by atoms with E-state index in [-0.39, 0.29) is 17.9 Å². The molecule has 0 unspecified atom stereocenters. The van der Waals surface area contributed by atoms with Gasteiger partial charge in [0.1, 0.15) is 0 Å². The standard InChI is InChI=1S/C25H23N3O3/c29-22-25(23(30)27-24(31)26-22)18(14-17-12-7-13-28(17)25)21-19(15-8-3-1-4-9-15)20(21)16-10-5-2-6-11-16/h1-6,8-11,17-18,21H,7,12-14H2,(H2,26,27,29,30,31)/t17-,18-/m1/s1. The van der Waals surface area contributed by atoms with Gasteiger partial charge >= 0.3 is 6.03 Å². The molecule has 4 amide bonds. The van der Waals surface area contributed by atoms with E-state index in [1.54, 1.807) is 0 Å². The number of hydrogen-bond donors (Lipinski definition) is 2. The highest BCUT2D eigenvalue weighted by Gasteiger charge is 2.69. The van der Waals surface area contributed by atoms with Crippen LogP contribution >= 0.6 is 0 Å². The van der Waals surface area contributed by atoms with Crippen LogP contribution in [0.3, 0.4) is 0 Å². The summed E-state index contributed by atoms with van der Waals surface area (Å²) in [6.07, 6.45) is 2.70. The Kier molecular flexibility index (Phi) is 3.96. The van der Waals surface area contributed by atoms with Gasteiger partial charge in [-0.2, -0.15) is 0 Å². The Morgan fingerprint density at radius 3 is 1.90 bits per heavy atom. The molecule has 2 N–H and O–H groups in total. The Morgan fingerprint density at radius 1 is 0.806 bits per heavy atom. The number of benzene rings is 2. The molecule has 4 aliphatic rings. The Balaban J connectivity index is 1.48. The third-order valence-electron chi connectivity index (χ3n) is 7.44. The van der Waals surface area contributed by atoms with Crippen LogP contribution in [0.15, 0.2) is 60.7 Å². The zero-order chi connectivity index (χ0) is 21.2. The van der Waals surface area contributed by atoms with Gasteiger partial charge in [0.2, 0.25) is 0 Å². The number of fused-ring (bicyclic) bond motifs is 2. The van der Waals surface area contributed by atoms with E-state index in [1.165, 1.54) is 11.1 Å². The predicted molar refractivity (Wildman–Crippen MR) is 115 cm³/mol. The van der Waals surface area contributed by atoms with E-state index in [0.717, 1.165) is 30.4 Å². The van der Waals surface area contributed by atoms with Gasteiger partial charge < -0.3 is 0 Å². The van der Waals surface area contributed by atoms with Crippen LogP contribution in [0.5, 0.6) is 0 Å². The SMILES string of the molecule is O=C1NC(=O)C2(C(=O)N1)[C@@H](C1C(c3ccccc3)=C1c1ccccc1)C[C@H]1CCCN12. The van der Waals surface area contributed by atoms with Crippen LogP contribution in [0.1, 0.15) is 30.4 Å². The maximum atomic E-state index is 13.4. The molecular weight excluding hydrogens is 390 g/mol. The van der Waals surface area contributed by atoms with Gasteiger partial charge in [0.15, 0.2) is 5.54 Å². The third-order valence-corrected chi connectivity index (χ3v) is 7.44. The minimum Gasteiger partial charge on any atom is -0.278 e. The normalized spacial score (nSPS) is 27.4. The smallest absolute Gasteiger partial charge is 0.278 e. The van der Waals surface area contributed by atoms with Gasteiger partial charge in [0, 0.05) is 24.4 Å². The molecule has 6 heteroatoms. The first-order valence-electron chi connectivity index (χ1n) is 10.9. The fraction of sp³-hybridized carbons (Fsp3) is 0.320. The van der Waals surface area contributed by atoms with Crippen molar-refractivity contribution in [2.75, 3.05) is 6.54 Å². The molecule has 156 valence electrons. The molecule has 3 aliphatic heterocycles. The molecule has 3 heterocycles. The van der Waals surface area contributed by atoms with Crippen molar-refractivity contribution in [3.05, 3.63) is 71.8 Å². The summed E-state index contributed by atoms with van der Waals surface area (Å²) >= 11 is 0. The molecule has 0 saturated carbocycles. The number of nitrogens with zero attached hydrogens (tertiary/aromatic N) is 1. The van der Waals surface area contributed by atoms with Crippen LogP contribution < -0.4 is 10.6 Å². The lowest BCUT2D eigenvalue weighted by Crippen LogP contribution is -2.74. The fourth-order valence-electron chi connectivity index (χ4n) is 6.28. The number of imide groups is 2. The molecular formula is C25H23N3O3. The van der Waals surface area contributed by atoms with Crippen molar-refractivity contribution < 1.29 is 14.4 Å². The highest BCUT2D eigenvalue weighted by atomic mass is 16.2.